The lowest BCUT2D eigenvalue weighted by Crippen LogP contribution is -2.26. The van der Waals surface area contributed by atoms with Gasteiger partial charge in [0.1, 0.15) is 0 Å². The summed E-state index contributed by atoms with van der Waals surface area (Å²) in [5.41, 5.74) is 3.13. The highest BCUT2D eigenvalue weighted by Gasteiger charge is 2.31. The number of hydrogen-bond acceptors (Lipinski definition) is 0. The Bertz CT molecular complexity index is 805. The smallest absolute Gasteiger partial charge is 0.0127 e. The molecule has 27 heavy (non-hydrogen) atoms. The minimum atomic E-state index is -0.541. The molecule has 3 aromatic carbocycles. The van der Waals surface area contributed by atoms with Gasteiger partial charge in [0.2, 0.25) is 0 Å². The largest absolute Gasteiger partial charge is 0.0946 e. The quantitative estimate of drug-likeness (QED) is 0.426. The molecule has 0 aliphatic carbocycles. The zero-order chi connectivity index (χ0) is 19.3. The Labute approximate surface area is 165 Å². The maximum absolute atomic E-state index is 4.60. The fourth-order valence-corrected chi connectivity index (χ4v) is 6.68. The van der Waals surface area contributed by atoms with Crippen LogP contribution in [0.4, 0.5) is 0 Å². The number of hydrogen-bond donors (Lipinski definition) is 0. The van der Waals surface area contributed by atoms with E-state index in [4.69, 9.17) is 0 Å². The third-order valence-electron chi connectivity index (χ3n) is 4.73. The van der Waals surface area contributed by atoms with Crippen LogP contribution in [-0.2, 0) is 0 Å². The molecule has 0 aliphatic heterocycles. The van der Waals surface area contributed by atoms with Crippen molar-refractivity contribution in [2.45, 2.75) is 32.9 Å². The fraction of sp³-hybridized carbons (Fsp3) is 0.231. The average Bonchev–Trinajstić information content (AvgIpc) is 2.68. The van der Waals surface area contributed by atoms with E-state index in [1.807, 2.05) is 0 Å². The number of rotatable bonds is 6. The SMILES string of the molecule is C=C(c1ccccc1)C(CC(C)(C)C)P(c1ccccc1)c1ccccc1. The summed E-state index contributed by atoms with van der Waals surface area (Å²) < 4.78 is 0. The summed E-state index contributed by atoms with van der Waals surface area (Å²) in [6, 6.07) is 32.7. The highest BCUT2D eigenvalue weighted by molar-refractivity contribution is 7.74. The minimum absolute atomic E-state index is 0.229. The lowest BCUT2D eigenvalue weighted by Gasteiger charge is -2.35. The van der Waals surface area contributed by atoms with Gasteiger partial charge in [-0.3, -0.25) is 0 Å². The second-order valence-electron chi connectivity index (χ2n) is 8.21. The van der Waals surface area contributed by atoms with E-state index in [0.29, 0.717) is 5.66 Å². The van der Waals surface area contributed by atoms with Gasteiger partial charge >= 0.3 is 0 Å². The van der Waals surface area contributed by atoms with E-state index in [1.54, 1.807) is 0 Å². The van der Waals surface area contributed by atoms with E-state index in [2.05, 4.69) is 118 Å². The van der Waals surface area contributed by atoms with Crippen LogP contribution in [0.2, 0.25) is 0 Å². The van der Waals surface area contributed by atoms with Crippen molar-refractivity contribution in [1.82, 2.24) is 0 Å². The van der Waals surface area contributed by atoms with Gasteiger partial charge in [0.25, 0.3) is 0 Å². The molecule has 0 bridgehead atoms. The Hall–Kier alpha value is -2.17. The predicted octanol–water partition coefficient (Wildman–Crippen LogP) is 6.64. The molecule has 1 heteroatoms. The molecule has 0 N–H and O–H groups in total. The van der Waals surface area contributed by atoms with Crippen molar-refractivity contribution >= 4 is 24.1 Å². The van der Waals surface area contributed by atoms with Crippen LogP contribution in [0, 0.1) is 5.41 Å². The van der Waals surface area contributed by atoms with Gasteiger partial charge in [-0.05, 0) is 41.5 Å². The van der Waals surface area contributed by atoms with Gasteiger partial charge in [-0.1, -0.05) is 118 Å². The molecule has 0 saturated heterocycles. The molecule has 0 spiro atoms. The van der Waals surface area contributed by atoms with Crippen molar-refractivity contribution < 1.29 is 0 Å². The van der Waals surface area contributed by atoms with Crippen LogP contribution in [0.1, 0.15) is 32.8 Å². The molecule has 0 fully saturated rings. The topological polar surface area (TPSA) is 0 Å². The highest BCUT2D eigenvalue weighted by Crippen LogP contribution is 2.49. The molecule has 0 saturated carbocycles. The zero-order valence-corrected chi connectivity index (χ0v) is 17.5. The molecule has 0 aromatic heterocycles. The predicted molar refractivity (Wildman–Crippen MR) is 122 cm³/mol. The lowest BCUT2D eigenvalue weighted by molar-refractivity contribution is 0.387. The normalized spacial score (nSPS) is 12.7. The van der Waals surface area contributed by atoms with Crippen LogP contribution < -0.4 is 10.6 Å². The van der Waals surface area contributed by atoms with Crippen LogP contribution in [0.3, 0.4) is 0 Å². The summed E-state index contributed by atoms with van der Waals surface area (Å²) in [5, 5.41) is 2.84. The standard InChI is InChI=1S/C26H29P/c1-21(22-14-8-5-9-15-22)25(20-26(2,3)4)27(23-16-10-6-11-17-23)24-18-12-7-13-19-24/h5-19,25H,1,20H2,2-4H3. The van der Waals surface area contributed by atoms with Crippen LogP contribution >= 0.6 is 7.92 Å². The molecular formula is C26H29P. The van der Waals surface area contributed by atoms with Crippen molar-refractivity contribution in [2.75, 3.05) is 0 Å². The second kappa shape index (κ2) is 8.68. The number of benzene rings is 3. The molecule has 3 rings (SSSR count). The average molecular weight is 372 g/mol. The molecule has 0 radical (unpaired) electrons. The van der Waals surface area contributed by atoms with Crippen LogP contribution in [0.25, 0.3) is 5.57 Å². The summed E-state index contributed by atoms with van der Waals surface area (Å²) in [6.07, 6.45) is 1.11. The zero-order valence-electron chi connectivity index (χ0n) is 16.6. The van der Waals surface area contributed by atoms with E-state index in [0.717, 1.165) is 6.42 Å². The van der Waals surface area contributed by atoms with Gasteiger partial charge in [0.05, 0.1) is 0 Å². The fourth-order valence-electron chi connectivity index (χ4n) is 3.48. The molecule has 0 nitrogen and oxygen atoms in total. The Morgan fingerprint density at radius 3 is 1.56 bits per heavy atom. The van der Waals surface area contributed by atoms with Crippen LogP contribution in [0.5, 0.6) is 0 Å². The molecule has 1 atom stereocenters. The third kappa shape index (κ3) is 5.18. The first-order chi connectivity index (χ1) is 13.0. The van der Waals surface area contributed by atoms with E-state index in [-0.39, 0.29) is 5.41 Å². The van der Waals surface area contributed by atoms with E-state index >= 15 is 0 Å². The van der Waals surface area contributed by atoms with Gasteiger partial charge < -0.3 is 0 Å². The van der Waals surface area contributed by atoms with Gasteiger partial charge in [0.15, 0.2) is 0 Å². The monoisotopic (exact) mass is 372 g/mol. The second-order valence-corrected chi connectivity index (χ2v) is 10.6. The Morgan fingerprint density at radius 2 is 1.15 bits per heavy atom. The van der Waals surface area contributed by atoms with Gasteiger partial charge in [-0.25, -0.2) is 0 Å². The Kier molecular flexibility index (Phi) is 6.30. The third-order valence-corrected chi connectivity index (χ3v) is 7.56. The maximum atomic E-state index is 4.60. The summed E-state index contributed by atoms with van der Waals surface area (Å²) in [7, 11) is -0.541. The minimum Gasteiger partial charge on any atom is -0.0946 e. The summed E-state index contributed by atoms with van der Waals surface area (Å²) in [6.45, 7) is 11.6. The molecular weight excluding hydrogens is 343 g/mol. The number of allylic oxidation sites excluding steroid dienone is 1. The van der Waals surface area contributed by atoms with Gasteiger partial charge in [0, 0.05) is 5.66 Å². The van der Waals surface area contributed by atoms with Gasteiger partial charge in [-0.2, -0.15) is 0 Å². The van der Waals surface area contributed by atoms with Crippen LogP contribution in [-0.4, -0.2) is 5.66 Å². The first kappa shape index (κ1) is 19.6. The van der Waals surface area contributed by atoms with Crippen molar-refractivity contribution in [2.24, 2.45) is 5.41 Å². The molecule has 3 aromatic rings. The molecule has 1 unspecified atom stereocenters. The first-order valence-corrected chi connectivity index (χ1v) is 11.0. The lowest BCUT2D eigenvalue weighted by atomic mass is 9.87. The van der Waals surface area contributed by atoms with E-state index in [1.165, 1.54) is 21.7 Å². The van der Waals surface area contributed by atoms with Gasteiger partial charge in [-0.15, -0.1) is 0 Å². The van der Waals surface area contributed by atoms with Crippen molar-refractivity contribution in [3.05, 3.63) is 103 Å². The van der Waals surface area contributed by atoms with Crippen LogP contribution in [0.15, 0.2) is 97.6 Å². The first-order valence-electron chi connectivity index (χ1n) is 9.59. The highest BCUT2D eigenvalue weighted by atomic mass is 31.1. The van der Waals surface area contributed by atoms with E-state index < -0.39 is 7.92 Å². The summed E-state index contributed by atoms with van der Waals surface area (Å²) in [4.78, 5) is 0. The molecule has 0 amide bonds. The van der Waals surface area contributed by atoms with Crippen molar-refractivity contribution in [3.8, 4) is 0 Å². The Balaban J connectivity index is 2.11. The Morgan fingerprint density at radius 1 is 0.741 bits per heavy atom. The molecule has 0 aliphatic rings. The van der Waals surface area contributed by atoms with E-state index in [9.17, 15) is 0 Å². The maximum Gasteiger partial charge on any atom is 0.0127 e. The van der Waals surface area contributed by atoms with Crippen molar-refractivity contribution in [1.29, 1.82) is 0 Å². The molecule has 0 heterocycles. The molecule has 138 valence electrons. The van der Waals surface area contributed by atoms with Crippen molar-refractivity contribution in [3.63, 3.8) is 0 Å². The summed E-state index contributed by atoms with van der Waals surface area (Å²) in [5.74, 6) is 0. The summed E-state index contributed by atoms with van der Waals surface area (Å²) >= 11 is 0.